The zero-order chi connectivity index (χ0) is 5.98. The van der Waals surface area contributed by atoms with Crippen molar-refractivity contribution in [3.63, 3.8) is 0 Å². The van der Waals surface area contributed by atoms with Gasteiger partial charge in [-0.1, -0.05) is 15.9 Å². The van der Waals surface area contributed by atoms with Crippen LogP contribution < -0.4 is 0 Å². The normalized spacial score (nSPS) is 8.50. The minimum absolute atomic E-state index is 0.733. The van der Waals surface area contributed by atoms with Crippen molar-refractivity contribution in [2.45, 2.75) is 0 Å². The summed E-state index contributed by atoms with van der Waals surface area (Å²) in [6, 6.07) is 1.80. The molecule has 0 unspecified atom stereocenters. The molecule has 0 fully saturated rings. The molecule has 0 spiro atoms. The first kappa shape index (κ1) is 5.80. The summed E-state index contributed by atoms with van der Waals surface area (Å²) >= 11 is 4.69. The van der Waals surface area contributed by atoms with E-state index in [1.807, 2.05) is 5.38 Å². The summed E-state index contributed by atoms with van der Waals surface area (Å²) in [4.78, 5) is 3.23. The monoisotopic (exact) mass is 187 g/mol. The second-order valence-electron chi connectivity index (χ2n) is 1.21. The van der Waals surface area contributed by atoms with Gasteiger partial charge < -0.3 is 0 Å². The predicted molar refractivity (Wildman–Crippen MR) is 38.3 cm³/mol. The van der Waals surface area contributed by atoms with Crippen LogP contribution in [0.4, 0.5) is 5.00 Å². The molecule has 0 aliphatic carbocycles. The van der Waals surface area contributed by atoms with E-state index in [4.69, 9.17) is 6.57 Å². The summed E-state index contributed by atoms with van der Waals surface area (Å²) in [6.07, 6.45) is 0. The van der Waals surface area contributed by atoms with Gasteiger partial charge in [-0.25, -0.2) is 4.85 Å². The highest BCUT2D eigenvalue weighted by Gasteiger charge is 1.91. The summed E-state index contributed by atoms with van der Waals surface area (Å²) < 4.78 is 0.994. The molecule has 0 aliphatic heterocycles. The lowest BCUT2D eigenvalue weighted by molar-refractivity contribution is 1.89. The Kier molecular flexibility index (Phi) is 1.66. The molecule has 0 aliphatic rings. The van der Waals surface area contributed by atoms with Crippen molar-refractivity contribution in [1.82, 2.24) is 0 Å². The van der Waals surface area contributed by atoms with Gasteiger partial charge in [-0.3, -0.25) is 0 Å². The van der Waals surface area contributed by atoms with Crippen LogP contribution in [0.3, 0.4) is 0 Å². The lowest BCUT2D eigenvalue weighted by Crippen LogP contribution is -1.38. The maximum atomic E-state index is 6.57. The first-order chi connectivity index (χ1) is 3.83. The molecule has 8 heavy (non-hydrogen) atoms. The number of nitrogens with zero attached hydrogens (tertiary/aromatic N) is 1. The van der Waals surface area contributed by atoms with Gasteiger partial charge in [-0.05, 0) is 11.4 Å². The van der Waals surface area contributed by atoms with Gasteiger partial charge in [0.2, 0.25) is 5.00 Å². The summed E-state index contributed by atoms with van der Waals surface area (Å²) in [5.74, 6) is 0. The molecule has 1 rings (SSSR count). The standard InChI is InChI=1S/C5H2BrNS/c1-7-5-2-4(6)3-8-5/h2-3H. The summed E-state index contributed by atoms with van der Waals surface area (Å²) in [5.41, 5.74) is 0. The Morgan fingerprint density at radius 1 is 1.75 bits per heavy atom. The Hall–Kier alpha value is -0.330. The number of hydrogen-bond donors (Lipinski definition) is 0. The maximum absolute atomic E-state index is 6.57. The van der Waals surface area contributed by atoms with Gasteiger partial charge in [0.25, 0.3) is 0 Å². The second-order valence-corrected chi connectivity index (χ2v) is 3.02. The van der Waals surface area contributed by atoms with Crippen molar-refractivity contribution in [3.05, 3.63) is 27.3 Å². The SMILES string of the molecule is [C-]#[N+]c1cc(Br)cs1. The topological polar surface area (TPSA) is 4.36 Å². The number of halogens is 1. The van der Waals surface area contributed by atoms with Crippen molar-refractivity contribution in [3.8, 4) is 0 Å². The third-order valence-corrected chi connectivity index (χ3v) is 2.25. The minimum atomic E-state index is 0.733. The summed E-state index contributed by atoms with van der Waals surface area (Å²) in [7, 11) is 0. The van der Waals surface area contributed by atoms with Crippen LogP contribution in [0.15, 0.2) is 15.9 Å². The molecule has 1 aromatic heterocycles. The Bertz CT molecular complexity index is 223. The molecule has 0 amide bonds. The fourth-order valence-corrected chi connectivity index (χ4v) is 1.56. The molecule has 0 N–H and O–H groups in total. The smallest absolute Gasteiger partial charge is 0.227 e. The fourth-order valence-electron chi connectivity index (χ4n) is 0.361. The Morgan fingerprint density at radius 2 is 2.50 bits per heavy atom. The van der Waals surface area contributed by atoms with E-state index in [2.05, 4.69) is 20.8 Å². The molecule has 0 atom stereocenters. The number of thiophene rings is 1. The van der Waals surface area contributed by atoms with Gasteiger partial charge in [0, 0.05) is 4.47 Å². The molecule has 0 saturated carbocycles. The number of rotatable bonds is 0. The van der Waals surface area contributed by atoms with E-state index < -0.39 is 0 Å². The summed E-state index contributed by atoms with van der Waals surface area (Å²) in [6.45, 7) is 6.57. The summed E-state index contributed by atoms with van der Waals surface area (Å²) in [5, 5.41) is 2.63. The molecule has 0 radical (unpaired) electrons. The van der Waals surface area contributed by atoms with Gasteiger partial charge in [0.15, 0.2) is 0 Å². The zero-order valence-corrected chi connectivity index (χ0v) is 6.29. The quantitative estimate of drug-likeness (QED) is 0.551. The van der Waals surface area contributed by atoms with Crippen molar-refractivity contribution < 1.29 is 0 Å². The first-order valence-electron chi connectivity index (χ1n) is 1.94. The maximum Gasteiger partial charge on any atom is 0.242 e. The van der Waals surface area contributed by atoms with Crippen molar-refractivity contribution >= 4 is 32.3 Å². The van der Waals surface area contributed by atoms with E-state index in [-0.39, 0.29) is 0 Å². The van der Waals surface area contributed by atoms with Crippen LogP contribution in [0.5, 0.6) is 0 Å². The van der Waals surface area contributed by atoms with Crippen LogP contribution in [0.2, 0.25) is 0 Å². The highest BCUT2D eigenvalue weighted by molar-refractivity contribution is 9.10. The fraction of sp³-hybridized carbons (Fsp3) is 0. The van der Waals surface area contributed by atoms with Crippen molar-refractivity contribution in [2.24, 2.45) is 0 Å². The van der Waals surface area contributed by atoms with Crippen LogP contribution in [0, 0.1) is 6.57 Å². The van der Waals surface area contributed by atoms with E-state index >= 15 is 0 Å². The molecular formula is C5H2BrNS. The van der Waals surface area contributed by atoms with Gasteiger partial charge in [0.05, 0.1) is 6.57 Å². The molecule has 0 saturated heterocycles. The van der Waals surface area contributed by atoms with Gasteiger partial charge in [-0.2, -0.15) is 11.3 Å². The predicted octanol–water partition coefficient (Wildman–Crippen LogP) is 3.06. The second kappa shape index (κ2) is 2.29. The van der Waals surface area contributed by atoms with E-state index in [1.165, 1.54) is 11.3 Å². The molecule has 40 valence electrons. The molecule has 0 bridgehead atoms. The van der Waals surface area contributed by atoms with E-state index in [9.17, 15) is 0 Å². The Morgan fingerprint density at radius 3 is 2.75 bits per heavy atom. The van der Waals surface area contributed by atoms with Crippen LogP contribution in [0.25, 0.3) is 4.85 Å². The van der Waals surface area contributed by atoms with Crippen LogP contribution in [-0.4, -0.2) is 0 Å². The van der Waals surface area contributed by atoms with E-state index in [1.54, 1.807) is 6.07 Å². The van der Waals surface area contributed by atoms with Crippen LogP contribution in [-0.2, 0) is 0 Å². The Labute approximate surface area is 59.9 Å². The first-order valence-corrected chi connectivity index (χ1v) is 3.61. The van der Waals surface area contributed by atoms with Crippen LogP contribution >= 0.6 is 27.3 Å². The van der Waals surface area contributed by atoms with Crippen molar-refractivity contribution in [1.29, 1.82) is 0 Å². The molecule has 0 aromatic carbocycles. The van der Waals surface area contributed by atoms with E-state index in [0.29, 0.717) is 0 Å². The molecule has 1 nitrogen and oxygen atoms in total. The third kappa shape index (κ3) is 1.09. The zero-order valence-electron chi connectivity index (χ0n) is 3.89. The Balaban J connectivity index is 3.05. The molecular weight excluding hydrogens is 186 g/mol. The molecule has 1 heterocycles. The third-order valence-electron chi connectivity index (χ3n) is 0.664. The highest BCUT2D eigenvalue weighted by Crippen LogP contribution is 2.26. The molecule has 1 aromatic rings. The minimum Gasteiger partial charge on any atom is -0.227 e. The van der Waals surface area contributed by atoms with E-state index in [0.717, 1.165) is 9.47 Å². The van der Waals surface area contributed by atoms with Gasteiger partial charge in [0.1, 0.15) is 0 Å². The largest absolute Gasteiger partial charge is 0.242 e. The average Bonchev–Trinajstić information content (AvgIpc) is 2.14. The number of hydrogen-bond acceptors (Lipinski definition) is 1. The molecule has 3 heteroatoms. The van der Waals surface area contributed by atoms with Gasteiger partial charge >= 0.3 is 0 Å². The lowest BCUT2D eigenvalue weighted by Gasteiger charge is -1.67. The highest BCUT2D eigenvalue weighted by atomic mass is 79.9. The van der Waals surface area contributed by atoms with Crippen LogP contribution in [0.1, 0.15) is 0 Å². The van der Waals surface area contributed by atoms with Gasteiger partial charge in [-0.15, -0.1) is 0 Å². The average molecular weight is 188 g/mol. The van der Waals surface area contributed by atoms with Crippen molar-refractivity contribution in [2.75, 3.05) is 0 Å². The lowest BCUT2D eigenvalue weighted by atomic mass is 10.6.